The number of nitrogens with one attached hydrogen (secondary N) is 1. The van der Waals surface area contributed by atoms with Crippen LogP contribution in [0.2, 0.25) is 0 Å². The van der Waals surface area contributed by atoms with E-state index < -0.39 is 0 Å². The van der Waals surface area contributed by atoms with Crippen molar-refractivity contribution in [2.45, 2.75) is 44.9 Å². The standard InChI is InChI=1S/C19H20N4/c1-2-13-7-12(1)8-14(9-13)21-17(22-15-10-18(15)3-4-18)23-16-19(5-6-19)11-20-16/h7-9H,1-6,10-11H2,(H,20,21,23). The molecule has 23 heavy (non-hydrogen) atoms. The summed E-state index contributed by atoms with van der Waals surface area (Å²) in [6, 6.07) is 6.77. The Balaban J connectivity index is 1.33. The molecule has 6 rings (SSSR count). The lowest BCUT2D eigenvalue weighted by Crippen LogP contribution is -2.29. The van der Waals surface area contributed by atoms with Gasteiger partial charge in [0.05, 0.1) is 6.54 Å². The molecule has 3 fully saturated rings. The van der Waals surface area contributed by atoms with Gasteiger partial charge in [0.1, 0.15) is 5.84 Å². The van der Waals surface area contributed by atoms with E-state index in [2.05, 4.69) is 28.5 Å². The van der Waals surface area contributed by atoms with Crippen molar-refractivity contribution in [2.75, 3.05) is 11.9 Å². The molecule has 3 saturated carbocycles. The molecule has 5 aliphatic rings. The van der Waals surface area contributed by atoms with E-state index in [0.717, 1.165) is 36.9 Å². The maximum Gasteiger partial charge on any atom is 0.228 e. The van der Waals surface area contributed by atoms with Crippen LogP contribution in [0.4, 0.5) is 5.69 Å². The first-order valence-corrected chi connectivity index (χ1v) is 8.85. The first kappa shape index (κ1) is 12.5. The van der Waals surface area contributed by atoms with Crippen molar-refractivity contribution in [1.82, 2.24) is 0 Å². The Morgan fingerprint density at radius 1 is 1.00 bits per heavy atom. The number of guanidine groups is 1. The Morgan fingerprint density at radius 3 is 2.30 bits per heavy atom. The van der Waals surface area contributed by atoms with Gasteiger partial charge in [-0.3, -0.25) is 4.99 Å². The van der Waals surface area contributed by atoms with E-state index in [1.54, 1.807) is 0 Å². The minimum Gasteiger partial charge on any atom is -0.324 e. The van der Waals surface area contributed by atoms with Crippen molar-refractivity contribution < 1.29 is 0 Å². The van der Waals surface area contributed by atoms with Gasteiger partial charge in [-0.05, 0) is 68.2 Å². The van der Waals surface area contributed by atoms with E-state index in [1.807, 2.05) is 0 Å². The third-order valence-electron chi connectivity index (χ3n) is 6.17. The molecule has 4 nitrogen and oxygen atoms in total. The lowest BCUT2D eigenvalue weighted by Gasteiger charge is -2.21. The number of amidine groups is 1. The molecule has 1 aromatic rings. The van der Waals surface area contributed by atoms with Gasteiger partial charge in [-0.15, -0.1) is 0 Å². The monoisotopic (exact) mass is 304 g/mol. The molecule has 2 bridgehead atoms. The Labute approximate surface area is 135 Å². The molecule has 0 saturated heterocycles. The molecule has 1 aromatic carbocycles. The Morgan fingerprint density at radius 2 is 1.74 bits per heavy atom. The van der Waals surface area contributed by atoms with Crippen LogP contribution in [0.15, 0.2) is 33.2 Å². The van der Waals surface area contributed by atoms with E-state index in [1.165, 1.54) is 48.9 Å². The van der Waals surface area contributed by atoms with E-state index in [4.69, 9.17) is 9.98 Å². The fraction of sp³-hybridized carbons (Fsp3) is 0.526. The molecule has 1 N–H and O–H groups in total. The predicted octanol–water partition coefficient (Wildman–Crippen LogP) is 3.37. The lowest BCUT2D eigenvalue weighted by molar-refractivity contribution is 0.634. The van der Waals surface area contributed by atoms with Crippen LogP contribution >= 0.6 is 0 Å². The highest BCUT2D eigenvalue weighted by Gasteiger charge is 2.60. The second-order valence-electron chi connectivity index (χ2n) is 8.03. The summed E-state index contributed by atoms with van der Waals surface area (Å²) in [5, 5.41) is 3.48. The zero-order chi connectivity index (χ0) is 15.1. The van der Waals surface area contributed by atoms with Gasteiger partial charge in [0.2, 0.25) is 5.96 Å². The largest absolute Gasteiger partial charge is 0.324 e. The molecule has 0 amide bonds. The molecule has 4 heteroatoms. The fourth-order valence-corrected chi connectivity index (χ4v) is 3.96. The molecular formula is C19H20N4. The van der Waals surface area contributed by atoms with Crippen molar-refractivity contribution in [3.8, 4) is 0 Å². The van der Waals surface area contributed by atoms with Crippen LogP contribution in [0.3, 0.4) is 0 Å². The first-order valence-electron chi connectivity index (χ1n) is 8.85. The van der Waals surface area contributed by atoms with Crippen LogP contribution in [-0.4, -0.2) is 24.1 Å². The van der Waals surface area contributed by atoms with Gasteiger partial charge in [0, 0.05) is 22.2 Å². The summed E-state index contributed by atoms with van der Waals surface area (Å²) in [5.74, 6) is 1.79. The average Bonchev–Trinajstić information content (AvgIpc) is 3.43. The lowest BCUT2D eigenvalue weighted by atomic mass is 10.0. The highest BCUT2D eigenvalue weighted by Crippen LogP contribution is 2.63. The predicted molar refractivity (Wildman–Crippen MR) is 92.6 cm³/mol. The molecule has 0 aromatic heterocycles. The Hall–Kier alpha value is -1.97. The minimum absolute atomic E-state index is 0.328. The SMILES string of the molecule is c1c2cc(NC(=NC3=NCC34CC4)N=C3CC34CC4)cc1CC2. The Bertz CT molecular complexity index is 800. The number of fused-ring (bicyclic) bond motifs is 2. The number of rotatable bonds is 1. The molecule has 1 aliphatic heterocycles. The summed E-state index contributed by atoms with van der Waals surface area (Å²) in [5.41, 5.74) is 6.13. The van der Waals surface area contributed by atoms with Crippen molar-refractivity contribution in [3.05, 3.63) is 29.3 Å². The van der Waals surface area contributed by atoms with Gasteiger partial charge in [0.25, 0.3) is 0 Å². The van der Waals surface area contributed by atoms with Crippen molar-refractivity contribution in [1.29, 1.82) is 0 Å². The second kappa shape index (κ2) is 3.92. The van der Waals surface area contributed by atoms with Crippen LogP contribution in [0.25, 0.3) is 0 Å². The fourth-order valence-electron chi connectivity index (χ4n) is 3.96. The summed E-state index contributed by atoms with van der Waals surface area (Å²) in [4.78, 5) is 14.2. The smallest absolute Gasteiger partial charge is 0.228 e. The molecule has 0 unspecified atom stereocenters. The average molecular weight is 304 g/mol. The molecule has 2 spiro atoms. The van der Waals surface area contributed by atoms with Crippen LogP contribution in [0.1, 0.15) is 43.2 Å². The summed E-state index contributed by atoms with van der Waals surface area (Å²) < 4.78 is 0. The highest BCUT2D eigenvalue weighted by atomic mass is 15.2. The van der Waals surface area contributed by atoms with Crippen molar-refractivity contribution >= 4 is 23.2 Å². The van der Waals surface area contributed by atoms with E-state index in [-0.39, 0.29) is 0 Å². The van der Waals surface area contributed by atoms with Gasteiger partial charge < -0.3 is 5.32 Å². The second-order valence-corrected chi connectivity index (χ2v) is 8.03. The summed E-state index contributed by atoms with van der Waals surface area (Å²) in [7, 11) is 0. The third-order valence-corrected chi connectivity index (χ3v) is 6.17. The van der Waals surface area contributed by atoms with Crippen molar-refractivity contribution in [3.63, 3.8) is 0 Å². The molecular weight excluding hydrogens is 284 g/mol. The van der Waals surface area contributed by atoms with Crippen LogP contribution in [0.5, 0.6) is 0 Å². The number of hydrogen-bond donors (Lipinski definition) is 1. The topological polar surface area (TPSA) is 49.1 Å². The van der Waals surface area contributed by atoms with Crippen LogP contribution in [-0.2, 0) is 12.8 Å². The van der Waals surface area contributed by atoms with Gasteiger partial charge in [-0.25, -0.2) is 4.99 Å². The summed E-state index contributed by atoms with van der Waals surface area (Å²) in [6.45, 7) is 0.971. The van der Waals surface area contributed by atoms with E-state index in [9.17, 15) is 0 Å². The molecule has 0 atom stereocenters. The van der Waals surface area contributed by atoms with Crippen molar-refractivity contribution in [2.24, 2.45) is 25.8 Å². The zero-order valence-electron chi connectivity index (χ0n) is 13.2. The molecule has 116 valence electrons. The molecule has 0 radical (unpaired) electrons. The number of anilines is 1. The number of aliphatic imine (C=N–C) groups is 3. The zero-order valence-corrected chi connectivity index (χ0v) is 13.2. The van der Waals surface area contributed by atoms with Gasteiger partial charge in [-0.2, -0.15) is 4.99 Å². The van der Waals surface area contributed by atoms with E-state index in [0.29, 0.717) is 10.8 Å². The quantitative estimate of drug-likeness (QED) is 0.627. The maximum absolute atomic E-state index is 4.87. The number of nitrogens with zero attached hydrogens (tertiary/aromatic N) is 3. The minimum atomic E-state index is 0.328. The Kier molecular flexibility index (Phi) is 2.12. The summed E-state index contributed by atoms with van der Waals surface area (Å²) >= 11 is 0. The molecule has 4 aliphatic carbocycles. The number of benzene rings is 1. The van der Waals surface area contributed by atoms with E-state index >= 15 is 0 Å². The van der Waals surface area contributed by atoms with Gasteiger partial charge in [0.15, 0.2) is 0 Å². The van der Waals surface area contributed by atoms with Gasteiger partial charge in [-0.1, -0.05) is 6.07 Å². The van der Waals surface area contributed by atoms with Crippen LogP contribution < -0.4 is 5.32 Å². The highest BCUT2D eigenvalue weighted by molar-refractivity contribution is 6.17. The summed E-state index contributed by atoms with van der Waals surface area (Å²) in [6.07, 6.45) is 8.66. The third kappa shape index (κ3) is 1.93. The normalized spacial score (nSPS) is 28.8. The maximum atomic E-state index is 4.87. The van der Waals surface area contributed by atoms with Gasteiger partial charge >= 0.3 is 0 Å². The van der Waals surface area contributed by atoms with Crippen LogP contribution in [0, 0.1) is 10.8 Å². The molecule has 1 heterocycles. The first-order chi connectivity index (χ1) is 11.2. The number of aryl methyl sites for hydroxylation is 2. The number of hydrogen-bond acceptors (Lipinski definition) is 2.